The Morgan fingerprint density at radius 2 is 2.23 bits per heavy atom. The van der Waals surface area contributed by atoms with Crippen LogP contribution in [0.4, 0.5) is 0 Å². The molecule has 0 fully saturated rings. The number of rotatable bonds is 7. The minimum Gasteiger partial charge on any atom is -0.383 e. The number of aryl methyl sites for hydroxylation is 1. The fraction of sp³-hybridized carbons (Fsp3) is 0.562. The highest BCUT2D eigenvalue weighted by Crippen LogP contribution is 2.21. The monoisotopic (exact) mass is 304 g/mol. The second-order valence-corrected chi connectivity index (χ2v) is 5.69. The molecule has 0 aromatic carbocycles. The summed E-state index contributed by atoms with van der Waals surface area (Å²) < 4.78 is 7.39. The lowest BCUT2D eigenvalue weighted by atomic mass is 10.2. The van der Waals surface area contributed by atoms with Crippen molar-refractivity contribution >= 4 is 17.1 Å². The van der Waals surface area contributed by atoms with E-state index in [0.29, 0.717) is 13.0 Å². The maximum absolute atomic E-state index is 11.7. The molecule has 2 heterocycles. The summed E-state index contributed by atoms with van der Waals surface area (Å²) in [5.41, 5.74) is 1.76. The van der Waals surface area contributed by atoms with Gasteiger partial charge in [-0.2, -0.15) is 0 Å². The second kappa shape index (κ2) is 7.35. The Kier molecular flexibility index (Phi) is 5.49. The predicted molar refractivity (Wildman–Crippen MR) is 85.7 cm³/mol. The van der Waals surface area contributed by atoms with E-state index >= 15 is 0 Å². The molecule has 0 spiro atoms. The van der Waals surface area contributed by atoms with Crippen molar-refractivity contribution in [1.29, 1.82) is 0 Å². The van der Waals surface area contributed by atoms with Crippen LogP contribution >= 0.6 is 0 Å². The third-order valence-electron chi connectivity index (χ3n) is 3.66. The van der Waals surface area contributed by atoms with Gasteiger partial charge in [0.25, 0.3) is 0 Å². The summed E-state index contributed by atoms with van der Waals surface area (Å²) in [6.45, 7) is 2.69. The van der Waals surface area contributed by atoms with Gasteiger partial charge in [-0.15, -0.1) is 0 Å². The normalized spacial score (nSPS) is 12.5. The largest absolute Gasteiger partial charge is 0.383 e. The molecule has 0 unspecified atom stereocenters. The fourth-order valence-electron chi connectivity index (χ4n) is 2.55. The molecular weight excluding hydrogens is 280 g/mol. The Hall–Kier alpha value is -1.95. The van der Waals surface area contributed by atoms with E-state index in [9.17, 15) is 4.79 Å². The van der Waals surface area contributed by atoms with Crippen LogP contribution < -0.4 is 0 Å². The van der Waals surface area contributed by atoms with E-state index in [0.717, 1.165) is 29.8 Å². The van der Waals surface area contributed by atoms with Crippen molar-refractivity contribution in [2.75, 3.05) is 27.8 Å². The Balaban J connectivity index is 2.20. The predicted octanol–water partition coefficient (Wildman–Crippen LogP) is 2.05. The first-order valence-corrected chi connectivity index (χ1v) is 7.55. The molecule has 22 heavy (non-hydrogen) atoms. The standard InChI is InChI=1S/C16H24N4O2/c1-12(11-22-4)20-14(8-5-9-15(21)19(2)3)18-13-7-6-10-17-16(13)20/h6-7,10,12H,5,8-9,11H2,1-4H3/t12-/m0/s1. The van der Waals surface area contributed by atoms with E-state index < -0.39 is 0 Å². The number of hydrogen-bond donors (Lipinski definition) is 0. The molecule has 6 heteroatoms. The number of pyridine rings is 1. The van der Waals surface area contributed by atoms with Crippen LogP contribution in [0.15, 0.2) is 18.3 Å². The van der Waals surface area contributed by atoms with Crippen LogP contribution in [0.5, 0.6) is 0 Å². The van der Waals surface area contributed by atoms with Gasteiger partial charge in [-0.05, 0) is 25.5 Å². The summed E-state index contributed by atoms with van der Waals surface area (Å²) in [4.78, 5) is 22.4. The summed E-state index contributed by atoms with van der Waals surface area (Å²) in [7, 11) is 5.25. The zero-order valence-electron chi connectivity index (χ0n) is 13.7. The van der Waals surface area contributed by atoms with Gasteiger partial charge in [-0.3, -0.25) is 4.79 Å². The van der Waals surface area contributed by atoms with Gasteiger partial charge in [0.1, 0.15) is 11.3 Å². The molecule has 0 aliphatic rings. The minimum absolute atomic E-state index is 0.144. The van der Waals surface area contributed by atoms with Crippen molar-refractivity contribution in [2.24, 2.45) is 0 Å². The molecule has 6 nitrogen and oxygen atoms in total. The van der Waals surface area contributed by atoms with Crippen molar-refractivity contribution < 1.29 is 9.53 Å². The third kappa shape index (κ3) is 3.62. The number of amides is 1. The lowest BCUT2D eigenvalue weighted by Gasteiger charge is -2.16. The fourth-order valence-corrected chi connectivity index (χ4v) is 2.55. The SMILES string of the molecule is COC[C@H](C)n1c(CCCC(=O)N(C)C)nc2cccnc21. The van der Waals surface area contributed by atoms with E-state index in [1.54, 1.807) is 32.3 Å². The van der Waals surface area contributed by atoms with Gasteiger partial charge in [-0.1, -0.05) is 0 Å². The smallest absolute Gasteiger partial charge is 0.222 e. The van der Waals surface area contributed by atoms with Gasteiger partial charge < -0.3 is 14.2 Å². The summed E-state index contributed by atoms with van der Waals surface area (Å²) in [5, 5.41) is 0. The van der Waals surface area contributed by atoms with Gasteiger partial charge in [0, 0.05) is 40.2 Å². The van der Waals surface area contributed by atoms with E-state index in [1.807, 2.05) is 12.1 Å². The van der Waals surface area contributed by atoms with Crippen LogP contribution in [0, 0.1) is 0 Å². The number of imidazole rings is 1. The Labute approximate surface area is 131 Å². The lowest BCUT2D eigenvalue weighted by Crippen LogP contribution is -2.21. The summed E-state index contributed by atoms with van der Waals surface area (Å²) >= 11 is 0. The Morgan fingerprint density at radius 3 is 2.91 bits per heavy atom. The molecule has 0 saturated carbocycles. The number of ether oxygens (including phenoxy) is 1. The molecule has 0 aliphatic heterocycles. The van der Waals surface area contributed by atoms with Gasteiger partial charge in [-0.25, -0.2) is 9.97 Å². The first-order chi connectivity index (χ1) is 10.5. The first-order valence-electron chi connectivity index (χ1n) is 7.55. The highest BCUT2D eigenvalue weighted by Gasteiger charge is 2.17. The third-order valence-corrected chi connectivity index (χ3v) is 3.66. The zero-order valence-corrected chi connectivity index (χ0v) is 13.7. The average molecular weight is 304 g/mol. The molecular formula is C16H24N4O2. The summed E-state index contributed by atoms with van der Waals surface area (Å²) in [5.74, 6) is 1.11. The van der Waals surface area contributed by atoms with Crippen LogP contribution in [0.2, 0.25) is 0 Å². The van der Waals surface area contributed by atoms with Crippen LogP contribution in [0.25, 0.3) is 11.2 Å². The van der Waals surface area contributed by atoms with Gasteiger partial charge in [0.15, 0.2) is 5.65 Å². The number of nitrogens with zero attached hydrogens (tertiary/aromatic N) is 4. The molecule has 2 rings (SSSR count). The Bertz CT molecular complexity index is 636. The van der Waals surface area contributed by atoms with E-state index in [4.69, 9.17) is 4.74 Å². The number of carbonyl (C=O) groups is 1. The number of carbonyl (C=O) groups excluding carboxylic acids is 1. The zero-order chi connectivity index (χ0) is 16.1. The van der Waals surface area contributed by atoms with Gasteiger partial charge in [0.2, 0.25) is 5.91 Å². The summed E-state index contributed by atoms with van der Waals surface area (Å²) in [6, 6.07) is 4.01. The molecule has 1 amide bonds. The van der Waals surface area contributed by atoms with Crippen LogP contribution in [0.3, 0.4) is 0 Å². The molecule has 2 aromatic heterocycles. The lowest BCUT2D eigenvalue weighted by molar-refractivity contribution is -0.128. The Morgan fingerprint density at radius 1 is 1.45 bits per heavy atom. The quantitative estimate of drug-likeness (QED) is 0.785. The van der Waals surface area contributed by atoms with Crippen molar-refractivity contribution in [1.82, 2.24) is 19.4 Å². The van der Waals surface area contributed by atoms with Crippen LogP contribution in [-0.2, 0) is 16.0 Å². The van der Waals surface area contributed by atoms with Crippen LogP contribution in [0.1, 0.15) is 31.6 Å². The number of aromatic nitrogens is 3. The summed E-state index contributed by atoms with van der Waals surface area (Å²) in [6.07, 6.45) is 3.84. The van der Waals surface area contributed by atoms with Crippen molar-refractivity contribution in [3.63, 3.8) is 0 Å². The molecule has 0 radical (unpaired) electrons. The second-order valence-electron chi connectivity index (χ2n) is 5.69. The number of methoxy groups -OCH3 is 1. The van der Waals surface area contributed by atoms with E-state index in [1.165, 1.54) is 0 Å². The maximum Gasteiger partial charge on any atom is 0.222 e. The molecule has 0 saturated heterocycles. The first kappa shape index (κ1) is 16.4. The highest BCUT2D eigenvalue weighted by atomic mass is 16.5. The van der Waals surface area contributed by atoms with Crippen LogP contribution in [-0.4, -0.2) is 53.2 Å². The van der Waals surface area contributed by atoms with Crippen molar-refractivity contribution in [3.05, 3.63) is 24.2 Å². The van der Waals surface area contributed by atoms with Gasteiger partial charge >= 0.3 is 0 Å². The van der Waals surface area contributed by atoms with Crippen molar-refractivity contribution in [3.8, 4) is 0 Å². The molecule has 1 atom stereocenters. The van der Waals surface area contributed by atoms with Crippen molar-refractivity contribution in [2.45, 2.75) is 32.2 Å². The van der Waals surface area contributed by atoms with E-state index in [2.05, 4.69) is 21.5 Å². The average Bonchev–Trinajstić information content (AvgIpc) is 2.85. The molecule has 0 bridgehead atoms. The number of hydrogen-bond acceptors (Lipinski definition) is 4. The highest BCUT2D eigenvalue weighted by molar-refractivity contribution is 5.75. The molecule has 120 valence electrons. The van der Waals surface area contributed by atoms with Gasteiger partial charge in [0.05, 0.1) is 12.6 Å². The molecule has 2 aromatic rings. The molecule has 0 aliphatic carbocycles. The molecule has 0 N–H and O–H groups in total. The topological polar surface area (TPSA) is 60.2 Å². The maximum atomic E-state index is 11.7. The van der Waals surface area contributed by atoms with E-state index in [-0.39, 0.29) is 11.9 Å². The minimum atomic E-state index is 0.144. The number of fused-ring (bicyclic) bond motifs is 1.